The van der Waals surface area contributed by atoms with Crippen LogP contribution in [0.15, 0.2) is 12.1 Å². The molecular formula is C34H35ClF3N7O2S. The Labute approximate surface area is 285 Å². The molecule has 2 saturated heterocycles. The van der Waals surface area contributed by atoms with Gasteiger partial charge in [0.05, 0.1) is 32.8 Å². The molecule has 4 aliphatic rings. The van der Waals surface area contributed by atoms with E-state index in [4.69, 9.17) is 31.8 Å². The maximum absolute atomic E-state index is 17.2. The number of ether oxygens (including phenoxy) is 2. The van der Waals surface area contributed by atoms with Gasteiger partial charge in [0.1, 0.15) is 47.6 Å². The van der Waals surface area contributed by atoms with Gasteiger partial charge in [-0.05, 0) is 64.4 Å². The van der Waals surface area contributed by atoms with E-state index in [1.54, 1.807) is 0 Å². The number of nitrogens with two attached hydrogens (primary N) is 1. The lowest BCUT2D eigenvalue weighted by Crippen LogP contribution is -2.43. The summed E-state index contributed by atoms with van der Waals surface area (Å²) in [4.78, 5) is 16.1. The second-order valence-electron chi connectivity index (χ2n) is 13.6. The highest BCUT2D eigenvalue weighted by atomic mass is 35.5. The van der Waals surface area contributed by atoms with Crippen LogP contribution in [0, 0.1) is 23.0 Å². The molecule has 3 aliphatic heterocycles. The van der Waals surface area contributed by atoms with Gasteiger partial charge in [-0.25, -0.2) is 13.2 Å². The highest BCUT2D eigenvalue weighted by Crippen LogP contribution is 2.51. The van der Waals surface area contributed by atoms with Crippen molar-refractivity contribution >= 4 is 54.7 Å². The van der Waals surface area contributed by atoms with Gasteiger partial charge in [0.2, 0.25) is 0 Å². The zero-order valence-electron chi connectivity index (χ0n) is 26.7. The summed E-state index contributed by atoms with van der Waals surface area (Å²) >= 11 is 7.98. The van der Waals surface area contributed by atoms with Gasteiger partial charge in [-0.15, -0.1) is 11.3 Å². The minimum atomic E-state index is -0.933. The minimum absolute atomic E-state index is 0.0186. The molecule has 14 heteroatoms. The van der Waals surface area contributed by atoms with Crippen molar-refractivity contribution in [1.29, 1.82) is 5.26 Å². The highest BCUT2D eigenvalue weighted by Gasteiger charge is 2.49. The largest absolute Gasteiger partial charge is 0.489 e. The Morgan fingerprint density at radius 1 is 1.23 bits per heavy atom. The van der Waals surface area contributed by atoms with Crippen LogP contribution in [-0.4, -0.2) is 90.5 Å². The summed E-state index contributed by atoms with van der Waals surface area (Å²) in [6, 6.07) is 5.13. The first-order valence-corrected chi connectivity index (χ1v) is 17.5. The number of nitrogen functional groups attached to an aromatic ring is 1. The number of anilines is 2. The standard InChI is InChI=1S/C34H35ClF3N7O2S/c1-43(2)18-4-5-19(12-18)45-10-11-46-29-25-28(41-33(42-32(25)45)47-16-34-8-3-9-44(34)15-17(36)13-34)27(38)24(26(29)35)20-6-7-22(37)30-23(20)21(14-39)31(40)48-30/h6-7,17-19H,3-5,8-13,15-16,40H2,1-2H3/t17-,18?,19?,34+/m1/s1. The Morgan fingerprint density at radius 2 is 2.06 bits per heavy atom. The SMILES string of the molecule is CN(C)C1CCC(N2CCOc3c(Cl)c(-c4ccc(F)c5sc(N)c(C#N)c45)c(F)c4nc(OC[C@@]56CCCN5C[C@H](F)C6)nc2c34)C1. The molecule has 4 aromatic rings. The van der Waals surface area contributed by atoms with E-state index in [1.165, 1.54) is 12.1 Å². The summed E-state index contributed by atoms with van der Waals surface area (Å²) in [5.74, 6) is -0.672. The highest BCUT2D eigenvalue weighted by molar-refractivity contribution is 7.23. The molecule has 8 rings (SSSR count). The predicted molar refractivity (Wildman–Crippen MR) is 181 cm³/mol. The third kappa shape index (κ3) is 4.86. The molecule has 0 radical (unpaired) electrons. The zero-order chi connectivity index (χ0) is 33.5. The normalized spacial score (nSPS) is 25.5. The van der Waals surface area contributed by atoms with Gasteiger partial charge in [-0.1, -0.05) is 17.7 Å². The molecule has 2 N–H and O–H groups in total. The number of aromatic nitrogens is 2. The van der Waals surface area contributed by atoms with Crippen LogP contribution in [0.3, 0.4) is 0 Å². The molecule has 2 unspecified atom stereocenters. The molecule has 1 aliphatic carbocycles. The van der Waals surface area contributed by atoms with Crippen molar-refractivity contribution in [2.45, 2.75) is 62.3 Å². The fraction of sp³-hybridized carbons (Fsp3) is 0.500. The van der Waals surface area contributed by atoms with Gasteiger partial charge in [-0.2, -0.15) is 15.2 Å². The predicted octanol–water partition coefficient (Wildman–Crippen LogP) is 6.53. The lowest BCUT2D eigenvalue weighted by molar-refractivity contribution is 0.107. The van der Waals surface area contributed by atoms with E-state index in [9.17, 15) is 14.0 Å². The summed E-state index contributed by atoms with van der Waals surface area (Å²) in [5, 5.41) is 10.5. The Hall–Kier alpha value is -3.57. The van der Waals surface area contributed by atoms with E-state index in [-0.39, 0.29) is 73.3 Å². The average Bonchev–Trinajstić information content (AvgIpc) is 3.81. The lowest BCUT2D eigenvalue weighted by Gasteiger charge is -2.32. The number of nitrogens with zero attached hydrogens (tertiary/aromatic N) is 6. The van der Waals surface area contributed by atoms with Gasteiger partial charge in [0.25, 0.3) is 0 Å². The first-order chi connectivity index (χ1) is 23.1. The second kappa shape index (κ2) is 11.8. The Bertz CT molecular complexity index is 2000. The molecule has 0 amide bonds. The van der Waals surface area contributed by atoms with Crippen molar-refractivity contribution in [1.82, 2.24) is 19.8 Å². The van der Waals surface area contributed by atoms with Crippen LogP contribution in [0.1, 0.15) is 44.1 Å². The van der Waals surface area contributed by atoms with E-state index < -0.39 is 23.3 Å². The van der Waals surface area contributed by atoms with E-state index >= 15 is 4.39 Å². The monoisotopic (exact) mass is 697 g/mol. The number of hydrogen-bond donors (Lipinski definition) is 1. The van der Waals surface area contributed by atoms with Gasteiger partial charge in [0.15, 0.2) is 11.6 Å². The number of thiophene rings is 1. The Balaban J connectivity index is 1.33. The van der Waals surface area contributed by atoms with E-state index in [0.717, 1.165) is 50.0 Å². The van der Waals surface area contributed by atoms with E-state index in [2.05, 4.69) is 33.8 Å². The first-order valence-electron chi connectivity index (χ1n) is 16.3. The number of benzene rings is 2. The Morgan fingerprint density at radius 3 is 2.83 bits per heavy atom. The molecule has 2 aromatic heterocycles. The molecule has 48 heavy (non-hydrogen) atoms. The van der Waals surface area contributed by atoms with Crippen molar-refractivity contribution in [3.05, 3.63) is 34.4 Å². The van der Waals surface area contributed by atoms with Crippen molar-refractivity contribution in [2.24, 2.45) is 0 Å². The van der Waals surface area contributed by atoms with Gasteiger partial charge in [-0.3, -0.25) is 4.90 Å². The summed E-state index contributed by atoms with van der Waals surface area (Å²) in [7, 11) is 4.14. The van der Waals surface area contributed by atoms with Crippen LogP contribution in [0.2, 0.25) is 5.02 Å². The fourth-order valence-electron chi connectivity index (χ4n) is 8.43. The first kappa shape index (κ1) is 31.7. The van der Waals surface area contributed by atoms with Crippen LogP contribution in [0.5, 0.6) is 11.8 Å². The van der Waals surface area contributed by atoms with Crippen molar-refractivity contribution in [2.75, 3.05) is 57.6 Å². The van der Waals surface area contributed by atoms with Crippen LogP contribution in [-0.2, 0) is 0 Å². The summed E-state index contributed by atoms with van der Waals surface area (Å²) < 4.78 is 59.5. The van der Waals surface area contributed by atoms with E-state index in [1.807, 2.05) is 6.07 Å². The van der Waals surface area contributed by atoms with Crippen molar-refractivity contribution < 1.29 is 22.6 Å². The van der Waals surface area contributed by atoms with Gasteiger partial charge in [0, 0.05) is 36.0 Å². The molecule has 1 saturated carbocycles. The summed E-state index contributed by atoms with van der Waals surface area (Å²) in [6.45, 7) is 2.07. The smallest absolute Gasteiger partial charge is 0.319 e. The van der Waals surface area contributed by atoms with Crippen LogP contribution >= 0.6 is 22.9 Å². The fourth-order valence-corrected chi connectivity index (χ4v) is 9.71. The molecule has 0 spiro atoms. The maximum Gasteiger partial charge on any atom is 0.319 e. The molecule has 252 valence electrons. The number of alkyl halides is 1. The van der Waals surface area contributed by atoms with Gasteiger partial charge >= 0.3 is 6.01 Å². The molecule has 5 heterocycles. The Kier molecular flexibility index (Phi) is 7.78. The van der Waals surface area contributed by atoms with Crippen LogP contribution in [0.4, 0.5) is 24.0 Å². The van der Waals surface area contributed by atoms with Crippen molar-refractivity contribution in [3.8, 4) is 29.0 Å². The van der Waals surface area contributed by atoms with Crippen molar-refractivity contribution in [3.63, 3.8) is 0 Å². The number of rotatable bonds is 6. The van der Waals surface area contributed by atoms with Crippen LogP contribution in [0.25, 0.3) is 32.1 Å². The number of fused-ring (bicyclic) bond motifs is 2. The topological polar surface area (TPSA) is 104 Å². The average molecular weight is 698 g/mol. The molecule has 4 atom stereocenters. The third-order valence-corrected chi connectivity index (χ3v) is 12.2. The summed E-state index contributed by atoms with van der Waals surface area (Å²) in [6.07, 6.45) is 3.98. The van der Waals surface area contributed by atoms with Crippen LogP contribution < -0.4 is 20.1 Å². The second-order valence-corrected chi connectivity index (χ2v) is 15.1. The third-order valence-electron chi connectivity index (χ3n) is 10.8. The van der Waals surface area contributed by atoms with Gasteiger partial charge < -0.3 is 25.0 Å². The number of halogens is 4. The number of nitriles is 1. The summed E-state index contributed by atoms with van der Waals surface area (Å²) in [5.41, 5.74) is 5.76. The molecular weight excluding hydrogens is 663 g/mol. The molecule has 2 aromatic carbocycles. The molecule has 3 fully saturated rings. The quantitative estimate of drug-likeness (QED) is 0.241. The minimum Gasteiger partial charge on any atom is -0.489 e. The lowest BCUT2D eigenvalue weighted by atomic mass is 9.95. The molecule has 0 bridgehead atoms. The van der Waals surface area contributed by atoms with E-state index in [0.29, 0.717) is 36.8 Å². The number of hydrogen-bond acceptors (Lipinski definition) is 10. The maximum atomic E-state index is 17.2. The zero-order valence-corrected chi connectivity index (χ0v) is 28.2. The molecule has 9 nitrogen and oxygen atoms in total.